The summed E-state index contributed by atoms with van der Waals surface area (Å²) >= 11 is 0. The molecule has 0 radical (unpaired) electrons. The predicted molar refractivity (Wildman–Crippen MR) is 47.8 cm³/mol. The molecule has 14 heavy (non-hydrogen) atoms. The van der Waals surface area contributed by atoms with Crippen molar-refractivity contribution in [2.24, 2.45) is 5.73 Å². The molecule has 0 aliphatic rings. The summed E-state index contributed by atoms with van der Waals surface area (Å²) in [6, 6.07) is 0. The normalized spacial score (nSPS) is 16.4. The Kier molecular flexibility index (Phi) is 4.58. The third kappa shape index (κ3) is 5.21. The summed E-state index contributed by atoms with van der Waals surface area (Å²) in [4.78, 5) is 11.3. The van der Waals surface area contributed by atoms with Gasteiger partial charge in [-0.15, -0.1) is 0 Å². The van der Waals surface area contributed by atoms with Crippen LogP contribution in [-0.2, 0) is 4.79 Å². The van der Waals surface area contributed by atoms with Crippen LogP contribution in [0.1, 0.15) is 39.5 Å². The molecular formula is C9H16F3NO. The van der Waals surface area contributed by atoms with Crippen LogP contribution in [0.4, 0.5) is 13.2 Å². The smallest absolute Gasteiger partial charge is 0.319 e. The van der Waals surface area contributed by atoms with E-state index in [1.165, 1.54) is 6.92 Å². The van der Waals surface area contributed by atoms with E-state index in [0.717, 1.165) is 0 Å². The lowest BCUT2D eigenvalue weighted by Crippen LogP contribution is -2.45. The average molecular weight is 211 g/mol. The largest absolute Gasteiger partial charge is 0.389 e. The summed E-state index contributed by atoms with van der Waals surface area (Å²) in [7, 11) is 0. The van der Waals surface area contributed by atoms with Gasteiger partial charge in [0.1, 0.15) is 0 Å². The van der Waals surface area contributed by atoms with Crippen molar-refractivity contribution in [3.63, 3.8) is 0 Å². The van der Waals surface area contributed by atoms with Crippen LogP contribution in [0.15, 0.2) is 0 Å². The van der Waals surface area contributed by atoms with Gasteiger partial charge in [-0.05, 0) is 13.3 Å². The summed E-state index contributed by atoms with van der Waals surface area (Å²) in [6.45, 7) is 3.32. The third-order valence-corrected chi connectivity index (χ3v) is 2.04. The van der Waals surface area contributed by atoms with Crippen molar-refractivity contribution in [3.05, 3.63) is 0 Å². The van der Waals surface area contributed by atoms with Crippen LogP contribution in [0.2, 0.25) is 0 Å². The van der Waals surface area contributed by atoms with Gasteiger partial charge in [0.2, 0.25) is 0 Å². The lowest BCUT2D eigenvalue weighted by molar-refractivity contribution is -0.145. The fourth-order valence-electron chi connectivity index (χ4n) is 1.20. The zero-order chi connectivity index (χ0) is 11.4. The Morgan fingerprint density at radius 3 is 2.14 bits per heavy atom. The second kappa shape index (κ2) is 4.77. The van der Waals surface area contributed by atoms with E-state index < -0.39 is 30.3 Å². The number of hydrogen-bond acceptors (Lipinski definition) is 2. The van der Waals surface area contributed by atoms with Gasteiger partial charge in [0.25, 0.3) is 0 Å². The van der Waals surface area contributed by atoms with Crippen LogP contribution in [0, 0.1) is 0 Å². The van der Waals surface area contributed by atoms with Crippen molar-refractivity contribution >= 4 is 5.78 Å². The molecule has 0 aliphatic heterocycles. The number of Topliss-reactive ketones (excluding diaryl/α,β-unsaturated/α-hetero) is 1. The molecule has 0 fully saturated rings. The molecule has 0 aromatic heterocycles. The molecule has 0 spiro atoms. The molecule has 0 saturated carbocycles. The maximum atomic E-state index is 11.8. The Balaban J connectivity index is 4.08. The quantitative estimate of drug-likeness (QED) is 0.758. The minimum Gasteiger partial charge on any atom is -0.319 e. The van der Waals surface area contributed by atoms with Crippen LogP contribution in [0.25, 0.3) is 0 Å². The molecule has 0 aliphatic carbocycles. The van der Waals surface area contributed by atoms with Gasteiger partial charge in [-0.2, -0.15) is 13.2 Å². The molecule has 0 heterocycles. The second-order valence-electron chi connectivity index (χ2n) is 3.71. The van der Waals surface area contributed by atoms with Crippen LogP contribution in [-0.4, -0.2) is 17.5 Å². The van der Waals surface area contributed by atoms with Crippen LogP contribution in [0.5, 0.6) is 0 Å². The molecule has 0 rings (SSSR count). The van der Waals surface area contributed by atoms with E-state index >= 15 is 0 Å². The minimum atomic E-state index is -4.28. The fraction of sp³-hybridized carbons (Fsp3) is 0.889. The molecule has 0 bridgehead atoms. The van der Waals surface area contributed by atoms with Crippen molar-refractivity contribution in [2.45, 2.75) is 51.2 Å². The molecule has 2 nitrogen and oxygen atoms in total. The molecule has 84 valence electrons. The van der Waals surface area contributed by atoms with Gasteiger partial charge in [0.15, 0.2) is 5.78 Å². The monoisotopic (exact) mass is 211 g/mol. The highest BCUT2D eigenvalue weighted by atomic mass is 19.4. The first-order valence-electron chi connectivity index (χ1n) is 4.58. The topological polar surface area (TPSA) is 43.1 Å². The molecule has 0 saturated heterocycles. The average Bonchev–Trinajstić information content (AvgIpc) is 1.98. The number of nitrogens with two attached hydrogens (primary N) is 1. The molecule has 1 atom stereocenters. The summed E-state index contributed by atoms with van der Waals surface area (Å²) in [6.07, 6.45) is -4.77. The van der Waals surface area contributed by atoms with Crippen molar-refractivity contribution < 1.29 is 18.0 Å². The summed E-state index contributed by atoms with van der Waals surface area (Å²) < 4.78 is 35.4. The van der Waals surface area contributed by atoms with Crippen LogP contribution in [0.3, 0.4) is 0 Å². The van der Waals surface area contributed by atoms with Crippen LogP contribution < -0.4 is 5.73 Å². The predicted octanol–water partition coefficient (Wildman–Crippen LogP) is 2.42. The second-order valence-corrected chi connectivity index (χ2v) is 3.71. The van der Waals surface area contributed by atoms with E-state index in [4.69, 9.17) is 5.73 Å². The Bertz CT molecular complexity index is 199. The van der Waals surface area contributed by atoms with Gasteiger partial charge in [0.05, 0.1) is 12.0 Å². The van der Waals surface area contributed by atoms with E-state index in [9.17, 15) is 18.0 Å². The highest BCUT2D eigenvalue weighted by Crippen LogP contribution is 2.23. The van der Waals surface area contributed by atoms with Gasteiger partial charge >= 0.3 is 6.18 Å². The fourth-order valence-corrected chi connectivity index (χ4v) is 1.20. The number of rotatable bonds is 5. The molecule has 0 amide bonds. The Morgan fingerprint density at radius 1 is 1.29 bits per heavy atom. The van der Waals surface area contributed by atoms with Gasteiger partial charge in [-0.1, -0.05) is 13.3 Å². The maximum Gasteiger partial charge on any atom is 0.389 e. The van der Waals surface area contributed by atoms with E-state index in [1.807, 2.05) is 6.92 Å². The third-order valence-electron chi connectivity index (χ3n) is 2.04. The lowest BCUT2D eigenvalue weighted by atomic mass is 9.90. The Morgan fingerprint density at radius 2 is 1.79 bits per heavy atom. The van der Waals surface area contributed by atoms with Crippen molar-refractivity contribution in [2.75, 3.05) is 0 Å². The van der Waals surface area contributed by atoms with E-state index in [2.05, 4.69) is 0 Å². The first-order chi connectivity index (χ1) is 6.19. The SMILES string of the molecule is CCCC(C)(N)C(=O)CCC(F)(F)F. The standard InChI is InChI=1S/C9H16F3NO/c1-3-5-8(2,13)7(14)4-6-9(10,11)12/h3-6,13H2,1-2H3. The number of ketones is 1. The summed E-state index contributed by atoms with van der Waals surface area (Å²) in [5.74, 6) is -0.517. The first kappa shape index (κ1) is 13.4. The first-order valence-corrected chi connectivity index (χ1v) is 4.58. The lowest BCUT2D eigenvalue weighted by Gasteiger charge is -2.22. The number of alkyl halides is 3. The highest BCUT2D eigenvalue weighted by Gasteiger charge is 2.32. The van der Waals surface area contributed by atoms with E-state index in [1.54, 1.807) is 0 Å². The number of hydrogen-bond donors (Lipinski definition) is 1. The molecule has 5 heteroatoms. The number of carbonyl (C=O) groups is 1. The van der Waals surface area contributed by atoms with Gasteiger partial charge in [0, 0.05) is 6.42 Å². The minimum absolute atomic E-state index is 0.420. The van der Waals surface area contributed by atoms with Gasteiger partial charge in [-0.25, -0.2) is 0 Å². The molecule has 0 aromatic carbocycles. The van der Waals surface area contributed by atoms with E-state index in [0.29, 0.717) is 12.8 Å². The Hall–Kier alpha value is -0.580. The number of carbonyl (C=O) groups excluding carboxylic acids is 1. The Labute approximate surface area is 81.7 Å². The van der Waals surface area contributed by atoms with Gasteiger partial charge in [-0.3, -0.25) is 4.79 Å². The molecular weight excluding hydrogens is 195 g/mol. The summed E-state index contributed by atoms with van der Waals surface area (Å²) in [5.41, 5.74) is 4.47. The highest BCUT2D eigenvalue weighted by molar-refractivity contribution is 5.87. The maximum absolute atomic E-state index is 11.8. The van der Waals surface area contributed by atoms with Gasteiger partial charge < -0.3 is 5.73 Å². The zero-order valence-electron chi connectivity index (χ0n) is 8.45. The molecule has 2 N–H and O–H groups in total. The van der Waals surface area contributed by atoms with Crippen molar-refractivity contribution in [1.82, 2.24) is 0 Å². The zero-order valence-corrected chi connectivity index (χ0v) is 8.45. The van der Waals surface area contributed by atoms with Crippen LogP contribution >= 0.6 is 0 Å². The van der Waals surface area contributed by atoms with Crippen molar-refractivity contribution in [3.8, 4) is 0 Å². The summed E-state index contributed by atoms with van der Waals surface area (Å²) in [5, 5.41) is 0. The van der Waals surface area contributed by atoms with E-state index in [-0.39, 0.29) is 0 Å². The number of halogens is 3. The molecule has 1 unspecified atom stereocenters. The van der Waals surface area contributed by atoms with Crippen molar-refractivity contribution in [1.29, 1.82) is 0 Å². The molecule has 0 aromatic rings.